The maximum absolute atomic E-state index is 10.2. The number of halogens is 1. The van der Waals surface area contributed by atoms with Crippen molar-refractivity contribution in [2.24, 2.45) is 5.41 Å². The van der Waals surface area contributed by atoms with E-state index in [0.29, 0.717) is 4.34 Å². The van der Waals surface area contributed by atoms with Gasteiger partial charge in [0.05, 0.1) is 15.8 Å². The van der Waals surface area contributed by atoms with Crippen LogP contribution in [0.15, 0.2) is 12.1 Å². The zero-order chi connectivity index (χ0) is 10.9. The van der Waals surface area contributed by atoms with Crippen molar-refractivity contribution in [3.8, 4) is 6.07 Å². The molecule has 1 aromatic rings. The number of nitriles is 1. The van der Waals surface area contributed by atoms with Crippen molar-refractivity contribution < 1.29 is 5.11 Å². The Labute approximate surface area is 98.1 Å². The SMILES string of the molecule is N#CC1(C(O)c2ccc(Cl)s2)CCCC1. The molecule has 0 amide bonds. The van der Waals surface area contributed by atoms with Gasteiger partial charge in [0, 0.05) is 4.88 Å². The second-order valence-corrected chi connectivity index (χ2v) is 5.77. The summed E-state index contributed by atoms with van der Waals surface area (Å²) in [5.41, 5.74) is -0.575. The van der Waals surface area contributed by atoms with E-state index in [9.17, 15) is 10.4 Å². The van der Waals surface area contributed by atoms with E-state index in [1.807, 2.05) is 6.07 Å². The van der Waals surface area contributed by atoms with Crippen molar-refractivity contribution in [3.05, 3.63) is 21.3 Å². The lowest BCUT2D eigenvalue weighted by atomic mass is 9.81. The minimum Gasteiger partial charge on any atom is -0.386 e. The highest BCUT2D eigenvalue weighted by Crippen LogP contribution is 2.48. The van der Waals surface area contributed by atoms with E-state index in [1.54, 1.807) is 6.07 Å². The van der Waals surface area contributed by atoms with Crippen LogP contribution in [0.1, 0.15) is 36.7 Å². The third kappa shape index (κ3) is 1.90. The van der Waals surface area contributed by atoms with Gasteiger partial charge in [-0.2, -0.15) is 5.26 Å². The summed E-state index contributed by atoms with van der Waals surface area (Å²) >= 11 is 7.19. The number of hydrogen-bond donors (Lipinski definition) is 1. The maximum Gasteiger partial charge on any atom is 0.107 e. The van der Waals surface area contributed by atoms with Gasteiger partial charge in [-0.3, -0.25) is 0 Å². The first kappa shape index (κ1) is 10.9. The largest absolute Gasteiger partial charge is 0.386 e. The van der Waals surface area contributed by atoms with Crippen LogP contribution >= 0.6 is 22.9 Å². The zero-order valence-corrected chi connectivity index (χ0v) is 9.81. The van der Waals surface area contributed by atoms with Crippen LogP contribution in [0.5, 0.6) is 0 Å². The molecule has 0 aliphatic heterocycles. The first-order valence-corrected chi connectivity index (χ1v) is 6.22. The van der Waals surface area contributed by atoms with Crippen molar-refractivity contribution in [1.82, 2.24) is 0 Å². The normalized spacial score (nSPS) is 21.1. The summed E-state index contributed by atoms with van der Waals surface area (Å²) in [6.45, 7) is 0. The number of rotatable bonds is 2. The Balaban J connectivity index is 2.26. The standard InChI is InChI=1S/C11H12ClNOS/c12-9-4-3-8(15-9)10(14)11(7-13)5-1-2-6-11/h3-4,10,14H,1-2,5-6H2. The van der Waals surface area contributed by atoms with Gasteiger partial charge in [-0.15, -0.1) is 11.3 Å². The Bertz CT molecular complexity index is 390. The average Bonchev–Trinajstić information content (AvgIpc) is 2.86. The van der Waals surface area contributed by atoms with Gasteiger partial charge in [0.2, 0.25) is 0 Å². The molecular weight excluding hydrogens is 230 g/mol. The molecule has 2 nitrogen and oxygen atoms in total. The molecular formula is C11H12ClNOS. The third-order valence-electron chi connectivity index (χ3n) is 3.11. The minimum absolute atomic E-state index is 0.575. The van der Waals surface area contributed by atoms with Crippen LogP contribution in [0, 0.1) is 16.7 Å². The molecule has 1 saturated carbocycles. The van der Waals surface area contributed by atoms with Gasteiger partial charge in [-0.05, 0) is 25.0 Å². The van der Waals surface area contributed by atoms with E-state index in [0.717, 1.165) is 30.6 Å². The summed E-state index contributed by atoms with van der Waals surface area (Å²) in [7, 11) is 0. The Hall–Kier alpha value is -0.560. The molecule has 1 unspecified atom stereocenters. The Morgan fingerprint density at radius 2 is 2.13 bits per heavy atom. The molecule has 0 radical (unpaired) electrons. The monoisotopic (exact) mass is 241 g/mol. The molecule has 0 bridgehead atoms. The van der Waals surface area contributed by atoms with Crippen LogP contribution in [0.3, 0.4) is 0 Å². The molecule has 80 valence electrons. The summed E-state index contributed by atoms with van der Waals surface area (Å²) in [6.07, 6.45) is 2.97. The van der Waals surface area contributed by atoms with Gasteiger partial charge in [-0.1, -0.05) is 24.4 Å². The van der Waals surface area contributed by atoms with Crippen LogP contribution in [0.2, 0.25) is 4.34 Å². The fourth-order valence-corrected chi connectivity index (χ4v) is 3.36. The zero-order valence-electron chi connectivity index (χ0n) is 8.24. The van der Waals surface area contributed by atoms with Crippen molar-refractivity contribution >= 4 is 22.9 Å². The van der Waals surface area contributed by atoms with Gasteiger partial charge in [-0.25, -0.2) is 0 Å². The van der Waals surface area contributed by atoms with Crippen LogP contribution in [-0.4, -0.2) is 5.11 Å². The van der Waals surface area contributed by atoms with E-state index in [2.05, 4.69) is 6.07 Å². The second kappa shape index (κ2) is 4.13. The van der Waals surface area contributed by atoms with Gasteiger partial charge < -0.3 is 5.11 Å². The fourth-order valence-electron chi connectivity index (χ4n) is 2.20. The Morgan fingerprint density at radius 1 is 1.47 bits per heavy atom. The molecule has 15 heavy (non-hydrogen) atoms. The molecule has 1 N–H and O–H groups in total. The number of thiophene rings is 1. The van der Waals surface area contributed by atoms with Crippen molar-refractivity contribution in [2.75, 3.05) is 0 Å². The van der Waals surface area contributed by atoms with E-state index in [4.69, 9.17) is 11.6 Å². The third-order valence-corrected chi connectivity index (χ3v) is 4.39. The molecule has 1 fully saturated rings. The Kier molecular flexibility index (Phi) is 3.01. The lowest BCUT2D eigenvalue weighted by molar-refractivity contribution is 0.0702. The van der Waals surface area contributed by atoms with E-state index in [-0.39, 0.29) is 0 Å². The van der Waals surface area contributed by atoms with Crippen LogP contribution in [0.25, 0.3) is 0 Å². The summed E-state index contributed by atoms with van der Waals surface area (Å²) in [6, 6.07) is 5.88. The quantitative estimate of drug-likeness (QED) is 0.861. The van der Waals surface area contributed by atoms with Crippen molar-refractivity contribution in [2.45, 2.75) is 31.8 Å². The first-order valence-electron chi connectivity index (χ1n) is 5.02. The van der Waals surface area contributed by atoms with Crippen LogP contribution in [0.4, 0.5) is 0 Å². The predicted octanol–water partition coefficient (Wildman–Crippen LogP) is 3.52. The van der Waals surface area contributed by atoms with Gasteiger partial charge in [0.1, 0.15) is 6.10 Å². The van der Waals surface area contributed by atoms with E-state index < -0.39 is 11.5 Å². The predicted molar refractivity (Wildman–Crippen MR) is 60.8 cm³/mol. The smallest absolute Gasteiger partial charge is 0.107 e. The molecule has 0 saturated heterocycles. The summed E-state index contributed by atoms with van der Waals surface area (Å²) < 4.78 is 0.662. The molecule has 1 aliphatic carbocycles. The second-order valence-electron chi connectivity index (χ2n) is 4.02. The number of aliphatic hydroxyl groups is 1. The molecule has 1 aliphatic rings. The molecule has 1 atom stereocenters. The maximum atomic E-state index is 10.2. The van der Waals surface area contributed by atoms with Crippen LogP contribution in [-0.2, 0) is 0 Å². The highest BCUT2D eigenvalue weighted by Gasteiger charge is 2.42. The lowest BCUT2D eigenvalue weighted by Gasteiger charge is -2.25. The topological polar surface area (TPSA) is 44.0 Å². The van der Waals surface area contributed by atoms with E-state index in [1.165, 1.54) is 11.3 Å². The molecule has 1 heterocycles. The summed E-state index contributed by atoms with van der Waals surface area (Å²) in [5.74, 6) is 0. The van der Waals surface area contributed by atoms with Gasteiger partial charge in [0.15, 0.2) is 0 Å². The molecule has 2 rings (SSSR count). The van der Waals surface area contributed by atoms with Crippen LogP contribution < -0.4 is 0 Å². The van der Waals surface area contributed by atoms with Crippen molar-refractivity contribution in [1.29, 1.82) is 5.26 Å². The average molecular weight is 242 g/mol. The van der Waals surface area contributed by atoms with E-state index >= 15 is 0 Å². The minimum atomic E-state index is -0.678. The van der Waals surface area contributed by atoms with Gasteiger partial charge in [0.25, 0.3) is 0 Å². The molecule has 1 aromatic heterocycles. The molecule has 0 spiro atoms. The summed E-state index contributed by atoms with van der Waals surface area (Å²) in [5, 5.41) is 19.4. The number of nitrogens with zero attached hydrogens (tertiary/aromatic N) is 1. The summed E-state index contributed by atoms with van der Waals surface area (Å²) in [4.78, 5) is 0.809. The highest BCUT2D eigenvalue weighted by atomic mass is 35.5. The highest BCUT2D eigenvalue weighted by molar-refractivity contribution is 7.16. The van der Waals surface area contributed by atoms with Gasteiger partial charge >= 0.3 is 0 Å². The molecule has 4 heteroatoms. The van der Waals surface area contributed by atoms with Crippen molar-refractivity contribution in [3.63, 3.8) is 0 Å². The number of hydrogen-bond acceptors (Lipinski definition) is 3. The lowest BCUT2D eigenvalue weighted by Crippen LogP contribution is -2.23. The number of aliphatic hydroxyl groups excluding tert-OH is 1. The molecule has 0 aromatic carbocycles. The fraction of sp³-hybridized carbons (Fsp3) is 0.545. The Morgan fingerprint density at radius 3 is 2.60 bits per heavy atom. The first-order chi connectivity index (χ1) is 7.18.